The van der Waals surface area contributed by atoms with Crippen LogP contribution in [-0.2, 0) is 7.05 Å². The fourth-order valence-corrected chi connectivity index (χ4v) is 1.000. The second-order valence-electron chi connectivity index (χ2n) is 3.47. The SMILES string of the molecule is CN(C)CCOc1ccc(=O)n(C)c1. The number of nitrogens with zero attached hydrogens (tertiary/aromatic N) is 2. The average molecular weight is 196 g/mol. The second-order valence-corrected chi connectivity index (χ2v) is 3.47. The van der Waals surface area contributed by atoms with Gasteiger partial charge in [-0.05, 0) is 20.2 Å². The molecular weight excluding hydrogens is 180 g/mol. The molecule has 0 radical (unpaired) electrons. The van der Waals surface area contributed by atoms with Crippen LogP contribution in [0.2, 0.25) is 0 Å². The Labute approximate surface area is 83.7 Å². The molecule has 14 heavy (non-hydrogen) atoms. The summed E-state index contributed by atoms with van der Waals surface area (Å²) in [5, 5.41) is 0. The monoisotopic (exact) mass is 196 g/mol. The molecule has 0 aliphatic carbocycles. The zero-order valence-corrected chi connectivity index (χ0v) is 8.86. The van der Waals surface area contributed by atoms with E-state index in [1.54, 1.807) is 19.3 Å². The van der Waals surface area contributed by atoms with E-state index in [2.05, 4.69) is 0 Å². The lowest BCUT2D eigenvalue weighted by atomic mass is 10.4. The molecular formula is C10H16N2O2. The number of hydrogen-bond donors (Lipinski definition) is 0. The first kappa shape index (κ1) is 10.8. The van der Waals surface area contributed by atoms with Gasteiger partial charge in [0, 0.05) is 25.9 Å². The summed E-state index contributed by atoms with van der Waals surface area (Å²) in [6.45, 7) is 1.49. The summed E-state index contributed by atoms with van der Waals surface area (Å²) >= 11 is 0. The molecule has 1 aromatic heterocycles. The molecule has 0 N–H and O–H groups in total. The third-order valence-corrected chi connectivity index (χ3v) is 1.87. The molecule has 0 saturated carbocycles. The van der Waals surface area contributed by atoms with Gasteiger partial charge in [0.1, 0.15) is 12.4 Å². The largest absolute Gasteiger partial charge is 0.491 e. The molecule has 1 aromatic rings. The van der Waals surface area contributed by atoms with Crippen molar-refractivity contribution in [3.8, 4) is 5.75 Å². The summed E-state index contributed by atoms with van der Waals surface area (Å²) in [5.41, 5.74) is -0.0232. The van der Waals surface area contributed by atoms with E-state index in [0.717, 1.165) is 12.3 Å². The predicted octanol–water partition coefficient (Wildman–Crippen LogP) is 0.326. The van der Waals surface area contributed by atoms with Crippen molar-refractivity contribution < 1.29 is 4.74 Å². The fraction of sp³-hybridized carbons (Fsp3) is 0.500. The van der Waals surface area contributed by atoms with E-state index in [1.165, 1.54) is 10.6 Å². The summed E-state index contributed by atoms with van der Waals surface area (Å²) in [7, 11) is 5.69. The Morgan fingerprint density at radius 1 is 1.43 bits per heavy atom. The van der Waals surface area contributed by atoms with Gasteiger partial charge >= 0.3 is 0 Å². The first-order valence-electron chi connectivity index (χ1n) is 4.54. The number of hydrogen-bond acceptors (Lipinski definition) is 3. The van der Waals surface area contributed by atoms with Crippen LogP contribution in [-0.4, -0.2) is 36.7 Å². The molecule has 78 valence electrons. The molecule has 0 unspecified atom stereocenters. The topological polar surface area (TPSA) is 34.5 Å². The number of ether oxygens (including phenoxy) is 1. The highest BCUT2D eigenvalue weighted by Crippen LogP contribution is 2.05. The van der Waals surface area contributed by atoms with E-state index in [-0.39, 0.29) is 5.56 Å². The summed E-state index contributed by atoms with van der Waals surface area (Å²) < 4.78 is 6.96. The third-order valence-electron chi connectivity index (χ3n) is 1.87. The van der Waals surface area contributed by atoms with E-state index >= 15 is 0 Å². The van der Waals surface area contributed by atoms with E-state index in [1.807, 2.05) is 19.0 Å². The van der Waals surface area contributed by atoms with Crippen molar-refractivity contribution in [2.24, 2.45) is 7.05 Å². The van der Waals surface area contributed by atoms with Crippen LogP contribution in [0.25, 0.3) is 0 Å². The summed E-state index contributed by atoms with van der Waals surface area (Å²) in [6, 6.07) is 3.20. The Hall–Kier alpha value is -1.29. The number of likely N-dealkylation sites (N-methyl/N-ethyl adjacent to an activating group) is 1. The van der Waals surface area contributed by atoms with Crippen molar-refractivity contribution in [1.82, 2.24) is 9.47 Å². The Morgan fingerprint density at radius 2 is 2.14 bits per heavy atom. The Balaban J connectivity index is 2.52. The molecule has 0 aromatic carbocycles. The highest BCUT2D eigenvalue weighted by atomic mass is 16.5. The molecule has 0 aliphatic rings. The lowest BCUT2D eigenvalue weighted by Crippen LogP contribution is -2.20. The zero-order chi connectivity index (χ0) is 10.6. The molecule has 0 aliphatic heterocycles. The summed E-state index contributed by atoms with van der Waals surface area (Å²) in [6.07, 6.45) is 1.69. The quantitative estimate of drug-likeness (QED) is 0.696. The minimum Gasteiger partial charge on any atom is -0.491 e. The van der Waals surface area contributed by atoms with Gasteiger partial charge in [-0.25, -0.2) is 0 Å². The smallest absolute Gasteiger partial charge is 0.250 e. The second kappa shape index (κ2) is 4.81. The molecule has 0 bridgehead atoms. The average Bonchev–Trinajstić information content (AvgIpc) is 2.10. The molecule has 4 nitrogen and oxygen atoms in total. The maximum absolute atomic E-state index is 11.1. The fourth-order valence-electron chi connectivity index (χ4n) is 1.000. The van der Waals surface area contributed by atoms with Crippen molar-refractivity contribution in [3.63, 3.8) is 0 Å². The molecule has 4 heteroatoms. The van der Waals surface area contributed by atoms with Gasteiger partial charge in [0.25, 0.3) is 0 Å². The number of aryl methyl sites for hydroxylation is 1. The molecule has 0 spiro atoms. The van der Waals surface area contributed by atoms with Crippen LogP contribution >= 0.6 is 0 Å². The first-order chi connectivity index (χ1) is 6.59. The lowest BCUT2D eigenvalue weighted by Gasteiger charge is -2.11. The standard InChI is InChI=1S/C10H16N2O2/c1-11(2)6-7-14-9-4-5-10(13)12(3)8-9/h4-5,8H,6-7H2,1-3H3. The van der Waals surface area contributed by atoms with Crippen LogP contribution in [0.1, 0.15) is 0 Å². The molecule has 0 amide bonds. The highest BCUT2D eigenvalue weighted by molar-refractivity contribution is 5.16. The van der Waals surface area contributed by atoms with Crippen molar-refractivity contribution >= 4 is 0 Å². The maximum atomic E-state index is 11.1. The van der Waals surface area contributed by atoms with Crippen molar-refractivity contribution in [2.45, 2.75) is 0 Å². The van der Waals surface area contributed by atoms with E-state index in [9.17, 15) is 4.79 Å². The van der Waals surface area contributed by atoms with Crippen LogP contribution < -0.4 is 10.3 Å². The normalized spacial score (nSPS) is 10.6. The molecule has 0 fully saturated rings. The van der Waals surface area contributed by atoms with Gasteiger partial charge in [-0.2, -0.15) is 0 Å². The van der Waals surface area contributed by atoms with Gasteiger partial charge < -0.3 is 14.2 Å². The highest BCUT2D eigenvalue weighted by Gasteiger charge is 1.96. The van der Waals surface area contributed by atoms with E-state index in [4.69, 9.17) is 4.74 Å². The van der Waals surface area contributed by atoms with Gasteiger partial charge in [-0.3, -0.25) is 4.79 Å². The Kier molecular flexibility index (Phi) is 3.71. The number of rotatable bonds is 4. The van der Waals surface area contributed by atoms with Crippen LogP contribution in [0.5, 0.6) is 5.75 Å². The van der Waals surface area contributed by atoms with E-state index < -0.39 is 0 Å². The Bertz CT molecular complexity index is 344. The number of aromatic nitrogens is 1. The third kappa shape index (κ3) is 3.22. The van der Waals surface area contributed by atoms with E-state index in [0.29, 0.717) is 6.61 Å². The van der Waals surface area contributed by atoms with Crippen LogP contribution in [0.4, 0.5) is 0 Å². The summed E-state index contributed by atoms with van der Waals surface area (Å²) in [5.74, 6) is 0.731. The molecule has 1 rings (SSSR count). The van der Waals surface area contributed by atoms with Crippen molar-refractivity contribution in [1.29, 1.82) is 0 Å². The van der Waals surface area contributed by atoms with Gasteiger partial charge in [0.2, 0.25) is 5.56 Å². The molecule has 0 saturated heterocycles. The van der Waals surface area contributed by atoms with Gasteiger partial charge in [0.05, 0.1) is 0 Å². The molecule has 1 heterocycles. The number of pyridine rings is 1. The lowest BCUT2D eigenvalue weighted by molar-refractivity contribution is 0.260. The van der Waals surface area contributed by atoms with Crippen molar-refractivity contribution in [3.05, 3.63) is 28.7 Å². The van der Waals surface area contributed by atoms with Gasteiger partial charge in [0.15, 0.2) is 0 Å². The van der Waals surface area contributed by atoms with Gasteiger partial charge in [-0.1, -0.05) is 0 Å². The molecule has 0 atom stereocenters. The zero-order valence-electron chi connectivity index (χ0n) is 8.86. The van der Waals surface area contributed by atoms with Crippen LogP contribution in [0.15, 0.2) is 23.1 Å². The Morgan fingerprint density at radius 3 is 2.71 bits per heavy atom. The predicted molar refractivity (Wildman–Crippen MR) is 55.7 cm³/mol. The minimum absolute atomic E-state index is 0.0232. The summed E-state index contributed by atoms with van der Waals surface area (Å²) in [4.78, 5) is 13.1. The van der Waals surface area contributed by atoms with Crippen LogP contribution in [0.3, 0.4) is 0 Å². The van der Waals surface area contributed by atoms with Crippen LogP contribution in [0, 0.1) is 0 Å². The van der Waals surface area contributed by atoms with Gasteiger partial charge in [-0.15, -0.1) is 0 Å². The maximum Gasteiger partial charge on any atom is 0.250 e. The first-order valence-corrected chi connectivity index (χ1v) is 4.54. The minimum atomic E-state index is -0.0232. The van der Waals surface area contributed by atoms with Crippen molar-refractivity contribution in [2.75, 3.05) is 27.2 Å².